The summed E-state index contributed by atoms with van der Waals surface area (Å²) in [6.45, 7) is 2.81. The molecule has 2 atom stereocenters. The van der Waals surface area contributed by atoms with Gasteiger partial charge in [0.25, 0.3) is 5.91 Å². The number of nitrogens with zero attached hydrogens (tertiary/aromatic N) is 1. The number of anilines is 1. The molecule has 112 valence electrons. The van der Waals surface area contributed by atoms with Crippen molar-refractivity contribution in [2.75, 3.05) is 18.4 Å². The Kier molecular flexibility index (Phi) is 3.55. The zero-order valence-electron chi connectivity index (χ0n) is 11.8. The Morgan fingerprint density at radius 2 is 2.29 bits per heavy atom. The molecule has 1 aromatic rings. The number of benzene rings is 1. The van der Waals surface area contributed by atoms with Crippen molar-refractivity contribution in [1.82, 2.24) is 4.90 Å². The normalized spacial score (nSPS) is 24.9. The fourth-order valence-electron chi connectivity index (χ4n) is 2.84. The van der Waals surface area contributed by atoms with Gasteiger partial charge in [-0.2, -0.15) is 0 Å². The maximum absolute atomic E-state index is 12.5. The van der Waals surface area contributed by atoms with Crippen LogP contribution in [-0.4, -0.2) is 41.2 Å². The number of amides is 2. The maximum atomic E-state index is 12.5. The first-order valence-electron chi connectivity index (χ1n) is 7.13. The first-order valence-corrected chi connectivity index (χ1v) is 7.13. The maximum Gasteiger partial charge on any atom is 0.412 e. The van der Waals surface area contributed by atoms with E-state index < -0.39 is 12.2 Å². The fourth-order valence-corrected chi connectivity index (χ4v) is 2.84. The SMILES string of the molecule is CC1OC(=O)Nc2cc(C(=O)N3CCCC(O)C3)ccc21. The number of ether oxygens (including phenoxy) is 1. The van der Waals surface area contributed by atoms with Crippen molar-refractivity contribution >= 4 is 17.7 Å². The third kappa shape index (κ3) is 2.71. The molecule has 2 N–H and O–H groups in total. The van der Waals surface area contributed by atoms with E-state index in [1.165, 1.54) is 0 Å². The standard InChI is InChI=1S/C15H18N2O4/c1-9-12-5-4-10(7-13(12)16-15(20)21-9)14(19)17-6-2-3-11(18)8-17/h4-5,7,9,11,18H,2-3,6,8H2,1H3,(H,16,20). The predicted molar refractivity (Wildman–Crippen MR) is 76.1 cm³/mol. The number of likely N-dealkylation sites (tertiary alicyclic amines) is 1. The van der Waals surface area contributed by atoms with Gasteiger partial charge < -0.3 is 14.7 Å². The number of aliphatic hydroxyl groups is 1. The molecule has 0 aromatic heterocycles. The van der Waals surface area contributed by atoms with Crippen LogP contribution >= 0.6 is 0 Å². The van der Waals surface area contributed by atoms with Crippen molar-refractivity contribution in [2.45, 2.75) is 32.0 Å². The molecule has 3 rings (SSSR count). The third-order valence-corrected chi connectivity index (χ3v) is 3.94. The molecule has 6 nitrogen and oxygen atoms in total. The molecular weight excluding hydrogens is 272 g/mol. The van der Waals surface area contributed by atoms with Crippen molar-refractivity contribution in [3.05, 3.63) is 29.3 Å². The van der Waals surface area contributed by atoms with Crippen LogP contribution in [0.25, 0.3) is 0 Å². The molecular formula is C15H18N2O4. The number of carbonyl (C=O) groups is 2. The molecule has 0 saturated carbocycles. The number of β-amino-alcohol motifs (C(OH)–C–C–N with tert-alkyl or cyclic N) is 1. The number of cyclic esters (lactones) is 1. The molecule has 2 heterocycles. The van der Waals surface area contributed by atoms with Gasteiger partial charge >= 0.3 is 6.09 Å². The van der Waals surface area contributed by atoms with E-state index in [9.17, 15) is 14.7 Å². The Hall–Kier alpha value is -2.08. The van der Waals surface area contributed by atoms with Gasteiger partial charge in [-0.1, -0.05) is 6.07 Å². The minimum Gasteiger partial charge on any atom is -0.441 e. The number of nitrogens with one attached hydrogen (secondary N) is 1. The van der Waals surface area contributed by atoms with Gasteiger partial charge in [-0.3, -0.25) is 10.1 Å². The molecule has 0 spiro atoms. The van der Waals surface area contributed by atoms with Gasteiger partial charge in [0.2, 0.25) is 0 Å². The number of hydrogen-bond donors (Lipinski definition) is 2. The molecule has 21 heavy (non-hydrogen) atoms. The molecule has 0 radical (unpaired) electrons. The van der Waals surface area contributed by atoms with Gasteiger partial charge in [-0.25, -0.2) is 4.79 Å². The largest absolute Gasteiger partial charge is 0.441 e. The number of aliphatic hydroxyl groups excluding tert-OH is 1. The molecule has 6 heteroatoms. The summed E-state index contributed by atoms with van der Waals surface area (Å²) in [4.78, 5) is 25.5. The van der Waals surface area contributed by atoms with Crippen molar-refractivity contribution in [1.29, 1.82) is 0 Å². The zero-order valence-corrected chi connectivity index (χ0v) is 11.8. The van der Waals surface area contributed by atoms with Crippen LogP contribution in [0.5, 0.6) is 0 Å². The number of piperidine rings is 1. The van der Waals surface area contributed by atoms with E-state index in [1.54, 1.807) is 30.0 Å². The van der Waals surface area contributed by atoms with Crippen LogP contribution in [0.3, 0.4) is 0 Å². The van der Waals surface area contributed by atoms with E-state index in [2.05, 4.69) is 5.32 Å². The fraction of sp³-hybridized carbons (Fsp3) is 0.467. The van der Waals surface area contributed by atoms with Gasteiger partial charge in [-0.15, -0.1) is 0 Å². The van der Waals surface area contributed by atoms with Gasteiger partial charge in [0, 0.05) is 24.2 Å². The highest BCUT2D eigenvalue weighted by molar-refractivity contribution is 5.97. The van der Waals surface area contributed by atoms with Gasteiger partial charge in [0.15, 0.2) is 0 Å². The van der Waals surface area contributed by atoms with E-state index in [0.717, 1.165) is 18.4 Å². The highest BCUT2D eigenvalue weighted by Crippen LogP contribution is 2.31. The number of hydrogen-bond acceptors (Lipinski definition) is 4. The monoisotopic (exact) mass is 290 g/mol. The second-order valence-corrected chi connectivity index (χ2v) is 5.52. The van der Waals surface area contributed by atoms with Gasteiger partial charge in [0.1, 0.15) is 6.10 Å². The van der Waals surface area contributed by atoms with E-state index in [1.807, 2.05) is 0 Å². The lowest BCUT2D eigenvalue weighted by molar-refractivity contribution is 0.0473. The highest BCUT2D eigenvalue weighted by atomic mass is 16.6. The van der Waals surface area contributed by atoms with Gasteiger partial charge in [0.05, 0.1) is 11.8 Å². The van der Waals surface area contributed by atoms with Crippen molar-refractivity contribution < 1.29 is 19.4 Å². The van der Waals surface area contributed by atoms with Crippen LogP contribution in [-0.2, 0) is 4.74 Å². The van der Waals surface area contributed by atoms with Crippen LogP contribution in [0.1, 0.15) is 41.8 Å². The van der Waals surface area contributed by atoms with Crippen LogP contribution < -0.4 is 5.32 Å². The lowest BCUT2D eigenvalue weighted by Crippen LogP contribution is -2.42. The summed E-state index contributed by atoms with van der Waals surface area (Å²) in [5.41, 5.74) is 1.98. The van der Waals surface area contributed by atoms with E-state index in [4.69, 9.17) is 4.74 Å². The summed E-state index contributed by atoms with van der Waals surface area (Å²) in [6, 6.07) is 5.21. The quantitative estimate of drug-likeness (QED) is 0.828. The zero-order chi connectivity index (χ0) is 15.0. The van der Waals surface area contributed by atoms with Crippen LogP contribution in [0.15, 0.2) is 18.2 Å². The number of carbonyl (C=O) groups excluding carboxylic acids is 2. The lowest BCUT2D eigenvalue weighted by atomic mass is 10.0. The predicted octanol–water partition coefficient (Wildman–Crippen LogP) is 1.91. The van der Waals surface area contributed by atoms with Crippen LogP contribution in [0.2, 0.25) is 0 Å². The summed E-state index contributed by atoms with van der Waals surface area (Å²) in [5.74, 6) is -0.120. The minimum absolute atomic E-state index is 0.120. The van der Waals surface area contributed by atoms with E-state index in [0.29, 0.717) is 24.3 Å². The number of rotatable bonds is 1. The Morgan fingerprint density at radius 1 is 1.48 bits per heavy atom. The Bertz CT molecular complexity index is 587. The molecule has 1 fully saturated rings. The van der Waals surface area contributed by atoms with Crippen LogP contribution in [0, 0.1) is 0 Å². The second-order valence-electron chi connectivity index (χ2n) is 5.52. The Labute approximate surface area is 122 Å². The summed E-state index contributed by atoms with van der Waals surface area (Å²) in [7, 11) is 0. The van der Waals surface area contributed by atoms with E-state index in [-0.39, 0.29) is 12.0 Å². The van der Waals surface area contributed by atoms with E-state index >= 15 is 0 Å². The smallest absolute Gasteiger partial charge is 0.412 e. The average Bonchev–Trinajstić information content (AvgIpc) is 2.45. The Morgan fingerprint density at radius 3 is 3.05 bits per heavy atom. The topological polar surface area (TPSA) is 78.9 Å². The van der Waals surface area contributed by atoms with Gasteiger partial charge in [-0.05, 0) is 31.9 Å². The lowest BCUT2D eigenvalue weighted by Gasteiger charge is -2.30. The third-order valence-electron chi connectivity index (χ3n) is 3.94. The summed E-state index contributed by atoms with van der Waals surface area (Å²) < 4.78 is 5.06. The highest BCUT2D eigenvalue weighted by Gasteiger charge is 2.26. The number of fused-ring (bicyclic) bond motifs is 1. The van der Waals surface area contributed by atoms with Crippen molar-refractivity contribution in [2.24, 2.45) is 0 Å². The molecule has 0 bridgehead atoms. The summed E-state index contributed by atoms with van der Waals surface area (Å²) in [6.07, 6.45) is 0.259. The minimum atomic E-state index is -0.506. The van der Waals surface area contributed by atoms with Crippen molar-refractivity contribution in [3.63, 3.8) is 0 Å². The average molecular weight is 290 g/mol. The summed E-state index contributed by atoms with van der Waals surface area (Å²) >= 11 is 0. The Balaban J connectivity index is 1.84. The molecule has 0 aliphatic carbocycles. The van der Waals surface area contributed by atoms with Crippen LogP contribution in [0.4, 0.5) is 10.5 Å². The first kappa shape index (κ1) is 13.9. The van der Waals surface area contributed by atoms with Crippen molar-refractivity contribution in [3.8, 4) is 0 Å². The summed E-state index contributed by atoms with van der Waals surface area (Å²) in [5, 5.41) is 12.3. The molecule has 1 saturated heterocycles. The molecule has 2 amide bonds. The second kappa shape index (κ2) is 5.37. The molecule has 2 unspecified atom stereocenters. The first-order chi connectivity index (χ1) is 10.0. The molecule has 2 aliphatic rings. The molecule has 2 aliphatic heterocycles. The molecule has 1 aromatic carbocycles.